The molecule has 1 aromatic carbocycles. The van der Waals surface area contributed by atoms with Gasteiger partial charge in [-0.05, 0) is 37.6 Å². The van der Waals surface area contributed by atoms with E-state index < -0.39 is 11.4 Å². The molecule has 0 bridgehead atoms. The molecule has 1 aromatic rings. The third-order valence-electron chi connectivity index (χ3n) is 3.71. The maximum Gasteiger partial charge on any atom is 0.313 e. The molecule has 0 spiro atoms. The first-order valence-corrected chi connectivity index (χ1v) is 7.14. The van der Waals surface area contributed by atoms with E-state index in [4.69, 9.17) is 16.3 Å². The average Bonchev–Trinajstić information content (AvgIpc) is 2.42. The van der Waals surface area contributed by atoms with Crippen LogP contribution in [0.15, 0.2) is 24.3 Å². The summed E-state index contributed by atoms with van der Waals surface area (Å²) < 4.78 is 5.39. The van der Waals surface area contributed by atoms with Crippen molar-refractivity contribution in [3.63, 3.8) is 0 Å². The fourth-order valence-corrected chi connectivity index (χ4v) is 2.81. The zero-order valence-corrected chi connectivity index (χ0v) is 12.4. The van der Waals surface area contributed by atoms with E-state index in [1.54, 1.807) is 0 Å². The molecule has 4 nitrogen and oxygen atoms in total. The van der Waals surface area contributed by atoms with E-state index in [2.05, 4.69) is 0 Å². The first-order chi connectivity index (χ1) is 9.52. The summed E-state index contributed by atoms with van der Waals surface area (Å²) in [5, 5.41) is 10.2. The predicted molar refractivity (Wildman–Crippen MR) is 77.9 cm³/mol. The highest BCUT2D eigenvalue weighted by Gasteiger charge is 2.41. The Kier molecular flexibility index (Phi) is 5.02. The number of nitrogens with zero attached hydrogens (tertiary/aromatic N) is 1. The Labute approximate surface area is 124 Å². The highest BCUT2D eigenvalue weighted by Crippen LogP contribution is 2.30. The normalized spacial score (nSPS) is 22.9. The second-order valence-electron chi connectivity index (χ2n) is 5.54. The van der Waals surface area contributed by atoms with Crippen molar-refractivity contribution >= 4 is 17.6 Å². The predicted octanol–water partition coefficient (Wildman–Crippen LogP) is 2.65. The van der Waals surface area contributed by atoms with Gasteiger partial charge in [0.25, 0.3) is 0 Å². The van der Waals surface area contributed by atoms with Gasteiger partial charge in [-0.2, -0.15) is 0 Å². The zero-order chi connectivity index (χ0) is 14.6. The topological polar surface area (TPSA) is 49.8 Å². The molecule has 0 saturated carbocycles. The van der Waals surface area contributed by atoms with Gasteiger partial charge in [-0.25, -0.2) is 0 Å². The fraction of sp³-hybridized carbons (Fsp3) is 0.533. The zero-order valence-electron chi connectivity index (χ0n) is 11.6. The molecule has 5 heteroatoms. The molecule has 0 amide bonds. The van der Waals surface area contributed by atoms with Crippen LogP contribution in [0.5, 0.6) is 0 Å². The molecular formula is C15H20ClNO3. The molecule has 20 heavy (non-hydrogen) atoms. The Hall–Kier alpha value is -1.10. The number of hydrogen-bond acceptors (Lipinski definition) is 3. The SMILES string of the molecule is CN(Cc1ccc(Cl)cc1)CC1(C(=O)O)CCCOC1. The molecule has 1 aliphatic heterocycles. The van der Waals surface area contributed by atoms with Crippen LogP contribution in [0.1, 0.15) is 18.4 Å². The van der Waals surface area contributed by atoms with E-state index in [0.717, 1.165) is 12.0 Å². The van der Waals surface area contributed by atoms with E-state index >= 15 is 0 Å². The monoisotopic (exact) mass is 297 g/mol. The summed E-state index contributed by atoms with van der Waals surface area (Å²) in [4.78, 5) is 13.6. The van der Waals surface area contributed by atoms with E-state index in [0.29, 0.717) is 37.7 Å². The molecular weight excluding hydrogens is 278 g/mol. The van der Waals surface area contributed by atoms with Gasteiger partial charge in [-0.15, -0.1) is 0 Å². The largest absolute Gasteiger partial charge is 0.481 e. The first-order valence-electron chi connectivity index (χ1n) is 6.76. The van der Waals surface area contributed by atoms with Crippen molar-refractivity contribution < 1.29 is 14.6 Å². The maximum atomic E-state index is 11.6. The maximum absolute atomic E-state index is 11.6. The van der Waals surface area contributed by atoms with Crippen LogP contribution in [-0.4, -0.2) is 42.8 Å². The fourth-order valence-electron chi connectivity index (χ4n) is 2.69. The van der Waals surface area contributed by atoms with Crippen molar-refractivity contribution in [3.8, 4) is 0 Å². The van der Waals surface area contributed by atoms with Crippen molar-refractivity contribution in [2.45, 2.75) is 19.4 Å². The number of hydrogen-bond donors (Lipinski definition) is 1. The van der Waals surface area contributed by atoms with Crippen LogP contribution < -0.4 is 0 Å². The number of carboxylic acids is 1. The number of benzene rings is 1. The van der Waals surface area contributed by atoms with Crippen LogP contribution in [0, 0.1) is 5.41 Å². The summed E-state index contributed by atoms with van der Waals surface area (Å²) in [6, 6.07) is 7.62. The summed E-state index contributed by atoms with van der Waals surface area (Å²) in [5.41, 5.74) is 0.341. The van der Waals surface area contributed by atoms with Gasteiger partial charge in [0, 0.05) is 24.7 Å². The molecule has 0 radical (unpaired) electrons. The van der Waals surface area contributed by atoms with Crippen LogP contribution in [-0.2, 0) is 16.1 Å². The number of rotatable bonds is 5. The van der Waals surface area contributed by atoms with E-state index in [1.807, 2.05) is 36.2 Å². The Bertz CT molecular complexity index is 455. The van der Waals surface area contributed by atoms with Gasteiger partial charge < -0.3 is 14.7 Å². The summed E-state index contributed by atoms with van der Waals surface area (Å²) in [5.74, 6) is -0.764. The summed E-state index contributed by atoms with van der Waals surface area (Å²) in [6.07, 6.45) is 1.48. The Morgan fingerprint density at radius 3 is 2.70 bits per heavy atom. The van der Waals surface area contributed by atoms with Gasteiger partial charge >= 0.3 is 5.97 Å². The van der Waals surface area contributed by atoms with Crippen molar-refractivity contribution in [2.75, 3.05) is 26.8 Å². The van der Waals surface area contributed by atoms with E-state index in [1.165, 1.54) is 0 Å². The standard InChI is InChI=1S/C15H20ClNO3/c1-17(9-12-3-5-13(16)6-4-12)10-15(14(18)19)7-2-8-20-11-15/h3-6H,2,7-11H2,1H3,(H,18,19). The second-order valence-corrected chi connectivity index (χ2v) is 5.98. The van der Waals surface area contributed by atoms with Crippen molar-refractivity contribution in [1.82, 2.24) is 4.90 Å². The highest BCUT2D eigenvalue weighted by atomic mass is 35.5. The van der Waals surface area contributed by atoms with Crippen LogP contribution >= 0.6 is 11.6 Å². The van der Waals surface area contributed by atoms with Crippen LogP contribution in [0.3, 0.4) is 0 Å². The van der Waals surface area contributed by atoms with Crippen LogP contribution in [0.25, 0.3) is 0 Å². The van der Waals surface area contributed by atoms with Gasteiger partial charge in [0.15, 0.2) is 0 Å². The third-order valence-corrected chi connectivity index (χ3v) is 3.97. The number of carbonyl (C=O) groups is 1. The molecule has 1 aliphatic rings. The minimum Gasteiger partial charge on any atom is -0.481 e. The van der Waals surface area contributed by atoms with Gasteiger partial charge in [0.1, 0.15) is 5.41 Å². The number of halogens is 1. The lowest BCUT2D eigenvalue weighted by Gasteiger charge is -2.36. The molecule has 1 N–H and O–H groups in total. The number of ether oxygens (including phenoxy) is 1. The lowest BCUT2D eigenvalue weighted by atomic mass is 9.82. The Balaban J connectivity index is 1.99. The number of aliphatic carboxylic acids is 1. The minimum atomic E-state index is -0.778. The minimum absolute atomic E-state index is 0.299. The molecule has 2 rings (SSSR count). The van der Waals surface area contributed by atoms with Crippen LogP contribution in [0.2, 0.25) is 5.02 Å². The molecule has 1 unspecified atom stereocenters. The van der Waals surface area contributed by atoms with E-state index in [-0.39, 0.29) is 0 Å². The van der Waals surface area contributed by atoms with E-state index in [9.17, 15) is 9.90 Å². The Morgan fingerprint density at radius 1 is 1.45 bits per heavy atom. The average molecular weight is 298 g/mol. The summed E-state index contributed by atoms with van der Waals surface area (Å²) >= 11 is 5.86. The first kappa shape index (κ1) is 15.3. The molecule has 1 heterocycles. The van der Waals surface area contributed by atoms with Gasteiger partial charge in [-0.3, -0.25) is 4.79 Å². The van der Waals surface area contributed by atoms with Gasteiger partial charge in [0.05, 0.1) is 6.61 Å². The quantitative estimate of drug-likeness (QED) is 0.908. The smallest absolute Gasteiger partial charge is 0.313 e. The lowest BCUT2D eigenvalue weighted by molar-refractivity contribution is -0.159. The van der Waals surface area contributed by atoms with Gasteiger partial charge in [0.2, 0.25) is 0 Å². The third kappa shape index (κ3) is 3.72. The second kappa shape index (κ2) is 6.57. The molecule has 1 fully saturated rings. The molecule has 0 aliphatic carbocycles. The Morgan fingerprint density at radius 2 is 2.15 bits per heavy atom. The summed E-state index contributed by atoms with van der Waals surface area (Å²) in [6.45, 7) is 2.15. The number of carboxylic acid groups (broad SMARTS) is 1. The van der Waals surface area contributed by atoms with Crippen LogP contribution in [0.4, 0.5) is 0 Å². The lowest BCUT2D eigenvalue weighted by Crippen LogP contribution is -2.47. The van der Waals surface area contributed by atoms with Crippen molar-refractivity contribution in [2.24, 2.45) is 5.41 Å². The molecule has 1 saturated heterocycles. The molecule has 1 atom stereocenters. The molecule has 0 aromatic heterocycles. The van der Waals surface area contributed by atoms with Crippen molar-refractivity contribution in [1.29, 1.82) is 0 Å². The molecule has 110 valence electrons. The highest BCUT2D eigenvalue weighted by molar-refractivity contribution is 6.30. The summed E-state index contributed by atoms with van der Waals surface area (Å²) in [7, 11) is 1.94. The van der Waals surface area contributed by atoms with Crippen molar-refractivity contribution in [3.05, 3.63) is 34.9 Å². The van der Waals surface area contributed by atoms with Gasteiger partial charge in [-0.1, -0.05) is 23.7 Å².